The number of carbonyl (C=O) groups is 1. The van der Waals surface area contributed by atoms with Crippen LogP contribution >= 0.6 is 0 Å². The molecule has 0 aromatic heterocycles. The van der Waals surface area contributed by atoms with Crippen LogP contribution in [0.4, 0.5) is 11.4 Å². The summed E-state index contributed by atoms with van der Waals surface area (Å²) in [6, 6.07) is 6.59. The molecule has 2 heterocycles. The van der Waals surface area contributed by atoms with Gasteiger partial charge in [0.15, 0.2) is 0 Å². The molecule has 4 rings (SSSR count). The van der Waals surface area contributed by atoms with Crippen molar-refractivity contribution in [1.29, 1.82) is 0 Å². The first-order valence-electron chi connectivity index (χ1n) is 8.73. The second kappa shape index (κ2) is 5.92. The van der Waals surface area contributed by atoms with Gasteiger partial charge in [0.1, 0.15) is 0 Å². The molecule has 1 unspecified atom stereocenters. The number of rotatable bonds is 2. The fourth-order valence-electron chi connectivity index (χ4n) is 4.33. The van der Waals surface area contributed by atoms with Gasteiger partial charge in [-0.3, -0.25) is 4.79 Å². The molecule has 1 atom stereocenters. The number of hydrogen-bond acceptors (Lipinski definition) is 3. The van der Waals surface area contributed by atoms with Crippen molar-refractivity contribution < 1.29 is 4.79 Å². The Balaban J connectivity index is 1.59. The van der Waals surface area contributed by atoms with Gasteiger partial charge in [-0.05, 0) is 36.5 Å². The van der Waals surface area contributed by atoms with E-state index < -0.39 is 0 Å². The second-order valence-electron chi connectivity index (χ2n) is 6.87. The van der Waals surface area contributed by atoms with Gasteiger partial charge in [0.25, 0.3) is 0 Å². The number of nitrogens with zero attached hydrogens (tertiary/aromatic N) is 1. The summed E-state index contributed by atoms with van der Waals surface area (Å²) in [5.41, 5.74) is 3.53. The van der Waals surface area contributed by atoms with Gasteiger partial charge in [0.2, 0.25) is 5.91 Å². The van der Waals surface area contributed by atoms with E-state index in [0.717, 1.165) is 31.9 Å². The summed E-state index contributed by atoms with van der Waals surface area (Å²) in [4.78, 5) is 14.9. The molecule has 1 amide bonds. The van der Waals surface area contributed by atoms with Crippen LogP contribution in [0.1, 0.15) is 43.6 Å². The summed E-state index contributed by atoms with van der Waals surface area (Å²) in [5, 5.41) is 6.53. The predicted molar refractivity (Wildman–Crippen MR) is 89.5 cm³/mol. The molecule has 1 aliphatic carbocycles. The van der Waals surface area contributed by atoms with Crippen LogP contribution < -0.4 is 15.5 Å². The summed E-state index contributed by atoms with van der Waals surface area (Å²) in [5.74, 6) is 0.853. The molecule has 0 bridgehead atoms. The minimum absolute atomic E-state index is 0.0902. The number of nitrogens with one attached hydrogen (secondary N) is 2. The minimum atomic E-state index is 0.0902. The van der Waals surface area contributed by atoms with Gasteiger partial charge in [-0.25, -0.2) is 0 Å². The molecule has 1 saturated heterocycles. The standard InChI is InChI=1S/C18H25N3O/c22-18-17(13-4-2-1-3-5-13)15-7-6-14(12-16(15)20-18)21-10-8-19-9-11-21/h6-7,12-13,17,19H,1-5,8-11H2,(H,20,22). The molecule has 1 aromatic carbocycles. The Morgan fingerprint density at radius 2 is 1.82 bits per heavy atom. The minimum Gasteiger partial charge on any atom is -0.369 e. The molecule has 2 N–H and O–H groups in total. The van der Waals surface area contributed by atoms with E-state index in [1.54, 1.807) is 0 Å². The molecular formula is C18H25N3O. The average Bonchev–Trinajstić information content (AvgIpc) is 2.91. The lowest BCUT2D eigenvalue weighted by Gasteiger charge is -2.30. The molecule has 1 aromatic rings. The van der Waals surface area contributed by atoms with Crippen molar-refractivity contribution in [2.45, 2.75) is 38.0 Å². The van der Waals surface area contributed by atoms with E-state index in [1.165, 1.54) is 43.4 Å². The lowest BCUT2D eigenvalue weighted by Crippen LogP contribution is -2.43. The SMILES string of the molecule is O=C1Nc2cc(N3CCNCC3)ccc2C1C1CCCCC1. The van der Waals surface area contributed by atoms with E-state index >= 15 is 0 Å². The van der Waals surface area contributed by atoms with Crippen LogP contribution in [0.15, 0.2) is 18.2 Å². The first-order valence-corrected chi connectivity index (χ1v) is 8.73. The average molecular weight is 299 g/mol. The highest BCUT2D eigenvalue weighted by atomic mass is 16.2. The van der Waals surface area contributed by atoms with Gasteiger partial charge in [-0.1, -0.05) is 25.3 Å². The number of anilines is 2. The van der Waals surface area contributed by atoms with Crippen LogP contribution in [-0.2, 0) is 4.79 Å². The number of fused-ring (bicyclic) bond motifs is 1. The van der Waals surface area contributed by atoms with Crippen molar-refractivity contribution in [3.63, 3.8) is 0 Å². The van der Waals surface area contributed by atoms with E-state index in [9.17, 15) is 4.79 Å². The maximum Gasteiger partial charge on any atom is 0.232 e. The summed E-state index contributed by atoms with van der Waals surface area (Å²) in [6.07, 6.45) is 6.30. The van der Waals surface area contributed by atoms with Crippen LogP contribution in [0.25, 0.3) is 0 Å². The molecule has 0 radical (unpaired) electrons. The summed E-state index contributed by atoms with van der Waals surface area (Å²) in [7, 11) is 0. The van der Waals surface area contributed by atoms with E-state index in [-0.39, 0.29) is 11.8 Å². The molecule has 3 aliphatic rings. The summed E-state index contributed by atoms with van der Waals surface area (Å²) >= 11 is 0. The smallest absolute Gasteiger partial charge is 0.232 e. The van der Waals surface area contributed by atoms with Crippen LogP contribution in [0.2, 0.25) is 0 Å². The van der Waals surface area contributed by atoms with Crippen LogP contribution in [-0.4, -0.2) is 32.1 Å². The fourth-order valence-corrected chi connectivity index (χ4v) is 4.33. The Kier molecular flexibility index (Phi) is 3.78. The van der Waals surface area contributed by atoms with Crippen molar-refractivity contribution in [2.24, 2.45) is 5.92 Å². The van der Waals surface area contributed by atoms with E-state index in [1.807, 2.05) is 0 Å². The highest BCUT2D eigenvalue weighted by molar-refractivity contribution is 6.03. The molecule has 4 heteroatoms. The lowest BCUT2D eigenvalue weighted by atomic mass is 9.77. The fraction of sp³-hybridized carbons (Fsp3) is 0.611. The third-order valence-corrected chi connectivity index (χ3v) is 5.52. The number of amides is 1. The number of benzene rings is 1. The topological polar surface area (TPSA) is 44.4 Å². The molecule has 0 spiro atoms. The Bertz CT molecular complexity index is 559. The molecule has 2 aliphatic heterocycles. The summed E-state index contributed by atoms with van der Waals surface area (Å²) in [6.45, 7) is 4.15. The zero-order chi connectivity index (χ0) is 14.9. The van der Waals surface area contributed by atoms with Gasteiger partial charge in [0, 0.05) is 37.6 Å². The van der Waals surface area contributed by atoms with Crippen molar-refractivity contribution in [3.8, 4) is 0 Å². The number of hydrogen-bond donors (Lipinski definition) is 2. The molecule has 4 nitrogen and oxygen atoms in total. The van der Waals surface area contributed by atoms with Gasteiger partial charge < -0.3 is 15.5 Å². The van der Waals surface area contributed by atoms with Crippen molar-refractivity contribution in [1.82, 2.24) is 5.32 Å². The molecule has 2 fully saturated rings. The highest BCUT2D eigenvalue weighted by Gasteiger charge is 2.37. The first kappa shape index (κ1) is 14.1. The Labute approximate surface area is 132 Å². The molecule has 22 heavy (non-hydrogen) atoms. The summed E-state index contributed by atoms with van der Waals surface area (Å²) < 4.78 is 0. The van der Waals surface area contributed by atoms with Crippen LogP contribution in [0.3, 0.4) is 0 Å². The normalized spacial score (nSPS) is 25.9. The third kappa shape index (κ3) is 2.50. The zero-order valence-electron chi connectivity index (χ0n) is 13.1. The van der Waals surface area contributed by atoms with E-state index in [0.29, 0.717) is 5.92 Å². The van der Waals surface area contributed by atoms with Crippen molar-refractivity contribution >= 4 is 17.3 Å². The first-order chi connectivity index (χ1) is 10.8. The zero-order valence-corrected chi connectivity index (χ0v) is 13.1. The molecule has 1 saturated carbocycles. The monoisotopic (exact) mass is 299 g/mol. The maximum absolute atomic E-state index is 12.5. The molecular weight excluding hydrogens is 274 g/mol. The van der Waals surface area contributed by atoms with Gasteiger partial charge >= 0.3 is 0 Å². The Morgan fingerprint density at radius 1 is 1.05 bits per heavy atom. The third-order valence-electron chi connectivity index (χ3n) is 5.52. The predicted octanol–water partition coefficient (Wildman–Crippen LogP) is 2.71. The Hall–Kier alpha value is -1.55. The Morgan fingerprint density at radius 3 is 2.59 bits per heavy atom. The maximum atomic E-state index is 12.5. The largest absolute Gasteiger partial charge is 0.369 e. The van der Waals surface area contributed by atoms with Crippen molar-refractivity contribution in [2.75, 3.05) is 36.4 Å². The van der Waals surface area contributed by atoms with E-state index in [2.05, 4.69) is 33.7 Å². The highest BCUT2D eigenvalue weighted by Crippen LogP contribution is 2.44. The van der Waals surface area contributed by atoms with Gasteiger partial charge in [-0.15, -0.1) is 0 Å². The number of piperazine rings is 1. The quantitative estimate of drug-likeness (QED) is 0.882. The van der Waals surface area contributed by atoms with Gasteiger partial charge in [-0.2, -0.15) is 0 Å². The van der Waals surface area contributed by atoms with Crippen LogP contribution in [0, 0.1) is 5.92 Å². The second-order valence-corrected chi connectivity index (χ2v) is 6.87. The number of carbonyl (C=O) groups excluding carboxylic acids is 1. The van der Waals surface area contributed by atoms with E-state index in [4.69, 9.17) is 0 Å². The van der Waals surface area contributed by atoms with Crippen LogP contribution in [0.5, 0.6) is 0 Å². The van der Waals surface area contributed by atoms with Gasteiger partial charge in [0.05, 0.1) is 5.92 Å². The van der Waals surface area contributed by atoms with Crippen molar-refractivity contribution in [3.05, 3.63) is 23.8 Å². The lowest BCUT2D eigenvalue weighted by molar-refractivity contribution is -0.118. The molecule has 118 valence electrons.